The lowest BCUT2D eigenvalue weighted by molar-refractivity contribution is 0.484. The van der Waals surface area contributed by atoms with Gasteiger partial charge in [0.2, 0.25) is 0 Å². The van der Waals surface area contributed by atoms with E-state index in [2.05, 4.69) is 50.3 Å². The molecule has 0 aliphatic rings. The van der Waals surface area contributed by atoms with Crippen LogP contribution in [0.15, 0.2) is 36.5 Å². The minimum Gasteiger partial charge on any atom is -0.328 e. The average molecular weight is 418 g/mol. The molecule has 0 heterocycles. The molecule has 0 aliphatic heterocycles. The van der Waals surface area contributed by atoms with Crippen molar-refractivity contribution in [2.75, 3.05) is 0 Å². The minimum atomic E-state index is 0.442. The first-order valence-electron chi connectivity index (χ1n) is 13.5. The Morgan fingerprint density at radius 2 is 0.933 bits per heavy atom. The summed E-state index contributed by atoms with van der Waals surface area (Å²) in [7, 11) is 0. The Bertz CT molecular complexity index is 393. The number of hydrogen-bond acceptors (Lipinski definition) is 1. The van der Waals surface area contributed by atoms with Crippen molar-refractivity contribution in [1.82, 2.24) is 0 Å². The summed E-state index contributed by atoms with van der Waals surface area (Å²) in [6.07, 6.45) is 40.1. The molecule has 0 saturated heterocycles. The summed E-state index contributed by atoms with van der Waals surface area (Å²) in [5.41, 5.74) is 6.31. The van der Waals surface area contributed by atoms with E-state index in [1.165, 1.54) is 122 Å². The highest BCUT2D eigenvalue weighted by Crippen LogP contribution is 2.14. The molecule has 0 radical (unpaired) electrons. The van der Waals surface area contributed by atoms with Crippen molar-refractivity contribution in [3.8, 4) is 0 Å². The van der Waals surface area contributed by atoms with Crippen LogP contribution in [0.1, 0.15) is 142 Å². The lowest BCUT2D eigenvalue weighted by atomic mass is 10.0. The topological polar surface area (TPSA) is 26.0 Å². The summed E-state index contributed by atoms with van der Waals surface area (Å²) in [4.78, 5) is 0. The second-order valence-electron chi connectivity index (χ2n) is 9.04. The molecule has 1 atom stereocenters. The zero-order chi connectivity index (χ0) is 22.0. The molecule has 0 bridgehead atoms. The zero-order valence-corrected chi connectivity index (χ0v) is 20.8. The molecule has 0 fully saturated rings. The third kappa shape index (κ3) is 25.2. The van der Waals surface area contributed by atoms with Crippen LogP contribution in [-0.2, 0) is 0 Å². The summed E-state index contributed by atoms with van der Waals surface area (Å²) < 4.78 is 0. The molecule has 1 unspecified atom stereocenters. The molecule has 0 amide bonds. The second kappa shape index (κ2) is 26.2. The van der Waals surface area contributed by atoms with Gasteiger partial charge in [-0.25, -0.2) is 0 Å². The molecular formula is C29H55N. The van der Waals surface area contributed by atoms with Crippen molar-refractivity contribution in [2.45, 2.75) is 148 Å². The molecule has 1 heteroatoms. The fraction of sp³-hybridized carbons (Fsp3) is 0.793. The number of rotatable bonds is 23. The van der Waals surface area contributed by atoms with E-state index < -0.39 is 0 Å². The monoisotopic (exact) mass is 417 g/mol. The number of allylic oxidation sites excluding steroid dienone is 6. The van der Waals surface area contributed by atoms with Gasteiger partial charge in [0, 0.05) is 6.04 Å². The average Bonchev–Trinajstić information content (AvgIpc) is 2.75. The van der Waals surface area contributed by atoms with Crippen LogP contribution in [0.25, 0.3) is 0 Å². The molecule has 1 nitrogen and oxygen atoms in total. The van der Waals surface area contributed by atoms with Crippen LogP contribution in [0.3, 0.4) is 0 Å². The maximum Gasteiger partial charge on any atom is 0.00388 e. The van der Waals surface area contributed by atoms with Crippen LogP contribution in [0.5, 0.6) is 0 Å². The third-order valence-electron chi connectivity index (χ3n) is 5.90. The Kier molecular flexibility index (Phi) is 25.5. The standard InChI is InChI=1S/C29H55N/c1-3-5-7-9-11-13-15-17-19-21-23-25-27-29(30)28-26-24-22-20-18-16-14-12-10-8-6-4-2/h5,7,9,11-12,14,29H,3-4,6,8,10,13,15-28,30H2,1-2H3/b7-5+,11-9+,14-12+. The number of unbranched alkanes of at least 4 members (excludes halogenated alkanes) is 14. The van der Waals surface area contributed by atoms with Crippen molar-refractivity contribution >= 4 is 0 Å². The van der Waals surface area contributed by atoms with Gasteiger partial charge in [-0.3, -0.25) is 0 Å². The van der Waals surface area contributed by atoms with Gasteiger partial charge in [0.15, 0.2) is 0 Å². The van der Waals surface area contributed by atoms with Crippen LogP contribution < -0.4 is 5.73 Å². The quantitative estimate of drug-likeness (QED) is 0.0998. The first kappa shape index (κ1) is 29.2. The summed E-state index contributed by atoms with van der Waals surface area (Å²) in [5, 5.41) is 0. The van der Waals surface area contributed by atoms with Crippen molar-refractivity contribution in [3.05, 3.63) is 36.5 Å². The van der Waals surface area contributed by atoms with Crippen LogP contribution in [0.2, 0.25) is 0 Å². The number of nitrogens with two attached hydrogens (primary N) is 1. The smallest absolute Gasteiger partial charge is 0.00388 e. The van der Waals surface area contributed by atoms with Crippen molar-refractivity contribution in [2.24, 2.45) is 5.73 Å². The molecule has 0 aromatic carbocycles. The van der Waals surface area contributed by atoms with Crippen LogP contribution >= 0.6 is 0 Å². The van der Waals surface area contributed by atoms with E-state index in [0.29, 0.717) is 6.04 Å². The number of hydrogen-bond donors (Lipinski definition) is 1. The molecule has 0 aliphatic carbocycles. The van der Waals surface area contributed by atoms with Crippen molar-refractivity contribution in [1.29, 1.82) is 0 Å². The van der Waals surface area contributed by atoms with E-state index in [1.807, 2.05) is 0 Å². The third-order valence-corrected chi connectivity index (χ3v) is 5.90. The van der Waals surface area contributed by atoms with Crippen LogP contribution in [0.4, 0.5) is 0 Å². The largest absolute Gasteiger partial charge is 0.328 e. The molecule has 0 aromatic rings. The normalized spacial score (nSPS) is 13.3. The predicted molar refractivity (Wildman–Crippen MR) is 139 cm³/mol. The molecule has 0 saturated carbocycles. The molecule has 0 spiro atoms. The van der Waals surface area contributed by atoms with Gasteiger partial charge in [-0.15, -0.1) is 0 Å². The van der Waals surface area contributed by atoms with Gasteiger partial charge in [-0.2, -0.15) is 0 Å². The lowest BCUT2D eigenvalue weighted by Gasteiger charge is -2.11. The molecule has 2 N–H and O–H groups in total. The highest BCUT2D eigenvalue weighted by atomic mass is 14.6. The fourth-order valence-electron chi connectivity index (χ4n) is 3.86. The van der Waals surface area contributed by atoms with Gasteiger partial charge < -0.3 is 5.73 Å². The minimum absolute atomic E-state index is 0.442. The van der Waals surface area contributed by atoms with Crippen molar-refractivity contribution < 1.29 is 0 Å². The van der Waals surface area contributed by atoms with Gasteiger partial charge in [0.25, 0.3) is 0 Å². The van der Waals surface area contributed by atoms with E-state index >= 15 is 0 Å². The fourth-order valence-corrected chi connectivity index (χ4v) is 3.86. The van der Waals surface area contributed by atoms with E-state index in [-0.39, 0.29) is 0 Å². The van der Waals surface area contributed by atoms with E-state index in [9.17, 15) is 0 Å². The molecule has 30 heavy (non-hydrogen) atoms. The molecule has 176 valence electrons. The SMILES string of the molecule is CC/C=C/C=C/CCCCCCCCC(N)CCCCCCC/C=C/CCCCC. The second-order valence-corrected chi connectivity index (χ2v) is 9.04. The lowest BCUT2D eigenvalue weighted by Crippen LogP contribution is -2.19. The summed E-state index contributed by atoms with van der Waals surface area (Å²) in [6, 6.07) is 0.442. The molecule has 0 rings (SSSR count). The van der Waals surface area contributed by atoms with Crippen LogP contribution in [-0.4, -0.2) is 6.04 Å². The van der Waals surface area contributed by atoms with E-state index in [0.717, 1.165) is 6.42 Å². The van der Waals surface area contributed by atoms with Gasteiger partial charge in [0.05, 0.1) is 0 Å². The maximum atomic E-state index is 6.31. The van der Waals surface area contributed by atoms with Gasteiger partial charge in [-0.05, 0) is 57.8 Å². The Hall–Kier alpha value is -0.820. The molecule has 0 aromatic heterocycles. The molecular weight excluding hydrogens is 362 g/mol. The highest BCUT2D eigenvalue weighted by Gasteiger charge is 2.02. The zero-order valence-electron chi connectivity index (χ0n) is 20.8. The van der Waals surface area contributed by atoms with Crippen LogP contribution in [0, 0.1) is 0 Å². The summed E-state index contributed by atoms with van der Waals surface area (Å²) >= 11 is 0. The summed E-state index contributed by atoms with van der Waals surface area (Å²) in [5.74, 6) is 0. The van der Waals surface area contributed by atoms with Gasteiger partial charge in [0.1, 0.15) is 0 Å². The van der Waals surface area contributed by atoms with E-state index in [1.54, 1.807) is 0 Å². The van der Waals surface area contributed by atoms with E-state index in [4.69, 9.17) is 5.73 Å². The predicted octanol–water partition coefficient (Wildman–Crippen LogP) is 9.82. The first-order valence-corrected chi connectivity index (χ1v) is 13.5. The van der Waals surface area contributed by atoms with Gasteiger partial charge >= 0.3 is 0 Å². The van der Waals surface area contributed by atoms with Gasteiger partial charge in [-0.1, -0.05) is 121 Å². The Morgan fingerprint density at radius 3 is 1.47 bits per heavy atom. The highest BCUT2D eigenvalue weighted by molar-refractivity contribution is 5.01. The Labute approximate surface area is 190 Å². The Balaban J connectivity index is 3.24. The first-order chi connectivity index (χ1) is 14.8. The summed E-state index contributed by atoms with van der Waals surface area (Å²) in [6.45, 7) is 4.45. The maximum absolute atomic E-state index is 6.31. The van der Waals surface area contributed by atoms with Crippen molar-refractivity contribution in [3.63, 3.8) is 0 Å². The Morgan fingerprint density at radius 1 is 0.500 bits per heavy atom.